The normalized spacial score (nSPS) is 20.2. The van der Waals surface area contributed by atoms with Gasteiger partial charge in [-0.05, 0) is 49.7 Å². The summed E-state index contributed by atoms with van der Waals surface area (Å²) in [5.74, 6) is -2.66. The number of rotatable bonds is 3. The van der Waals surface area contributed by atoms with E-state index in [0.717, 1.165) is 24.2 Å². The molecule has 1 spiro atoms. The van der Waals surface area contributed by atoms with Gasteiger partial charge in [0.05, 0.1) is 12.1 Å². The van der Waals surface area contributed by atoms with Crippen LogP contribution in [0.4, 0.5) is 29.3 Å². The Hall–Kier alpha value is -3.60. The van der Waals surface area contributed by atoms with Crippen LogP contribution in [0.25, 0.3) is 0 Å². The van der Waals surface area contributed by atoms with Crippen molar-refractivity contribution in [3.8, 4) is 0 Å². The van der Waals surface area contributed by atoms with Crippen molar-refractivity contribution in [3.63, 3.8) is 0 Å². The number of benzene rings is 2. The minimum absolute atomic E-state index is 0.0808. The molecule has 8 nitrogen and oxygen atoms in total. The number of hydrogen-bond donors (Lipinski definition) is 2. The number of carbonyl (C=O) groups is 3. The number of para-hydroxylation sites is 1. The van der Waals surface area contributed by atoms with Gasteiger partial charge in [-0.1, -0.05) is 37.3 Å². The summed E-state index contributed by atoms with van der Waals surface area (Å²) in [5, 5.41) is 10.1. The van der Waals surface area contributed by atoms with E-state index >= 15 is 0 Å². The highest BCUT2D eigenvalue weighted by Gasteiger charge is 2.48. The molecule has 0 saturated carbocycles. The van der Waals surface area contributed by atoms with E-state index in [0.29, 0.717) is 26.2 Å². The maximum absolute atomic E-state index is 12.8. The first kappa shape index (κ1) is 27.0. The van der Waals surface area contributed by atoms with Crippen molar-refractivity contribution in [3.05, 3.63) is 60.2 Å². The van der Waals surface area contributed by atoms with Crippen LogP contribution < -0.4 is 10.2 Å². The number of carboxylic acids is 1. The van der Waals surface area contributed by atoms with Crippen LogP contribution in [-0.4, -0.2) is 77.8 Å². The standard InChI is InChI=1S/C23H28N4O2.C2HF3O2/c1-3-18-9-11-19(12-10-18)24-22(29)26-14-13-23(16-26)17-27(21(28)15-25(23)2)20-7-5-4-6-8-20;3-2(4,5)1(6)7/h4-12H,3,13-17H2,1-2H3,(H,24,29);(H,6,7). The predicted molar refractivity (Wildman–Crippen MR) is 129 cm³/mol. The van der Waals surface area contributed by atoms with Gasteiger partial charge in [0.15, 0.2) is 0 Å². The molecule has 3 amide bonds. The number of alkyl halides is 3. The van der Waals surface area contributed by atoms with Gasteiger partial charge in [0.2, 0.25) is 5.91 Å². The van der Waals surface area contributed by atoms with E-state index in [9.17, 15) is 22.8 Å². The van der Waals surface area contributed by atoms with Crippen molar-refractivity contribution in [1.82, 2.24) is 9.80 Å². The molecule has 2 saturated heterocycles. The van der Waals surface area contributed by atoms with Crippen molar-refractivity contribution < 1.29 is 32.7 Å². The quantitative estimate of drug-likeness (QED) is 0.660. The van der Waals surface area contributed by atoms with Gasteiger partial charge >= 0.3 is 18.2 Å². The lowest BCUT2D eigenvalue weighted by Gasteiger charge is -2.46. The zero-order chi connectivity index (χ0) is 26.5. The van der Waals surface area contributed by atoms with Crippen molar-refractivity contribution >= 4 is 29.3 Å². The maximum Gasteiger partial charge on any atom is 0.490 e. The number of likely N-dealkylation sites (tertiary alicyclic amines) is 1. The Balaban J connectivity index is 0.000000454. The number of urea groups is 1. The Labute approximate surface area is 207 Å². The van der Waals surface area contributed by atoms with Crippen LogP contribution in [0.15, 0.2) is 54.6 Å². The highest BCUT2D eigenvalue weighted by atomic mass is 19.4. The van der Waals surface area contributed by atoms with E-state index in [1.54, 1.807) is 0 Å². The fraction of sp³-hybridized carbons (Fsp3) is 0.400. The topological polar surface area (TPSA) is 93.2 Å². The van der Waals surface area contributed by atoms with Gasteiger partial charge in [-0.3, -0.25) is 9.69 Å². The zero-order valence-electron chi connectivity index (χ0n) is 20.1. The number of aliphatic carboxylic acids is 1. The molecule has 2 fully saturated rings. The maximum atomic E-state index is 12.8. The third-order valence-corrected chi connectivity index (χ3v) is 6.48. The van der Waals surface area contributed by atoms with Crippen molar-refractivity contribution in [2.45, 2.75) is 31.5 Å². The Kier molecular flexibility index (Phi) is 8.24. The molecular formula is C25H29F3N4O4. The number of aryl methyl sites for hydroxylation is 1. The number of carbonyl (C=O) groups excluding carboxylic acids is 2. The number of nitrogens with one attached hydrogen (secondary N) is 1. The minimum atomic E-state index is -5.08. The average molecular weight is 507 g/mol. The second-order valence-corrected chi connectivity index (χ2v) is 8.85. The Morgan fingerprint density at radius 1 is 1.06 bits per heavy atom. The molecule has 11 heteroatoms. The average Bonchev–Trinajstić information content (AvgIpc) is 3.28. The number of amides is 3. The highest BCUT2D eigenvalue weighted by molar-refractivity contribution is 5.96. The first-order valence-electron chi connectivity index (χ1n) is 11.5. The van der Waals surface area contributed by atoms with E-state index < -0.39 is 12.1 Å². The van der Waals surface area contributed by atoms with Gasteiger partial charge in [-0.15, -0.1) is 0 Å². The molecule has 0 aromatic heterocycles. The lowest BCUT2D eigenvalue weighted by molar-refractivity contribution is -0.192. The number of piperazine rings is 1. The molecule has 4 rings (SSSR count). The first-order chi connectivity index (χ1) is 16.9. The molecule has 194 valence electrons. The second kappa shape index (κ2) is 11.0. The summed E-state index contributed by atoms with van der Waals surface area (Å²) in [7, 11) is 1.99. The van der Waals surface area contributed by atoms with E-state index in [2.05, 4.69) is 17.1 Å². The summed E-state index contributed by atoms with van der Waals surface area (Å²) in [6.07, 6.45) is -3.26. The van der Waals surface area contributed by atoms with Crippen molar-refractivity contribution in [1.29, 1.82) is 0 Å². The summed E-state index contributed by atoms with van der Waals surface area (Å²) in [5.41, 5.74) is 2.76. The summed E-state index contributed by atoms with van der Waals surface area (Å²) < 4.78 is 31.7. The van der Waals surface area contributed by atoms with E-state index in [-0.39, 0.29) is 17.5 Å². The highest BCUT2D eigenvalue weighted by Crippen LogP contribution is 2.33. The van der Waals surface area contributed by atoms with Crippen LogP contribution in [0.2, 0.25) is 0 Å². The summed E-state index contributed by atoms with van der Waals surface area (Å²) in [4.78, 5) is 40.2. The molecule has 2 aromatic carbocycles. The molecule has 1 unspecified atom stereocenters. The van der Waals surface area contributed by atoms with Crippen LogP contribution in [-0.2, 0) is 16.0 Å². The monoisotopic (exact) mass is 506 g/mol. The van der Waals surface area contributed by atoms with Gasteiger partial charge in [0.1, 0.15) is 0 Å². The molecule has 2 aromatic rings. The summed E-state index contributed by atoms with van der Waals surface area (Å²) in [6.45, 7) is 4.37. The lowest BCUT2D eigenvalue weighted by atomic mass is 9.92. The largest absolute Gasteiger partial charge is 0.490 e. The zero-order valence-corrected chi connectivity index (χ0v) is 20.1. The molecule has 0 aliphatic carbocycles. The van der Waals surface area contributed by atoms with Gasteiger partial charge in [0, 0.05) is 31.0 Å². The van der Waals surface area contributed by atoms with Gasteiger partial charge < -0.3 is 20.2 Å². The van der Waals surface area contributed by atoms with Crippen LogP contribution in [0.5, 0.6) is 0 Å². The van der Waals surface area contributed by atoms with Crippen molar-refractivity contribution in [2.24, 2.45) is 0 Å². The molecule has 1 atom stereocenters. The fourth-order valence-electron chi connectivity index (χ4n) is 4.30. The molecule has 36 heavy (non-hydrogen) atoms. The number of nitrogens with zero attached hydrogens (tertiary/aromatic N) is 3. The molecule has 0 bridgehead atoms. The summed E-state index contributed by atoms with van der Waals surface area (Å²) >= 11 is 0. The molecule has 0 radical (unpaired) electrons. The third-order valence-electron chi connectivity index (χ3n) is 6.48. The van der Waals surface area contributed by atoms with Crippen molar-refractivity contribution in [2.75, 3.05) is 43.4 Å². The Morgan fingerprint density at radius 2 is 1.67 bits per heavy atom. The molecule has 2 heterocycles. The fourth-order valence-corrected chi connectivity index (χ4v) is 4.30. The summed E-state index contributed by atoms with van der Waals surface area (Å²) in [6, 6.07) is 17.7. The van der Waals surface area contributed by atoms with Crippen LogP contribution in [0, 0.1) is 0 Å². The smallest absolute Gasteiger partial charge is 0.475 e. The predicted octanol–water partition coefficient (Wildman–Crippen LogP) is 3.84. The molecular weight excluding hydrogens is 477 g/mol. The van der Waals surface area contributed by atoms with Gasteiger partial charge in [-0.25, -0.2) is 9.59 Å². The molecule has 2 N–H and O–H groups in total. The number of carboxylic acid groups (broad SMARTS) is 1. The third kappa shape index (κ3) is 6.34. The van der Waals surface area contributed by atoms with E-state index in [4.69, 9.17) is 9.90 Å². The molecule has 2 aliphatic heterocycles. The van der Waals surface area contributed by atoms with E-state index in [1.165, 1.54) is 5.56 Å². The number of likely N-dealkylation sites (N-methyl/N-ethyl adjacent to an activating group) is 1. The Bertz CT molecular complexity index is 1080. The number of halogens is 3. The molecule has 2 aliphatic rings. The Morgan fingerprint density at radius 3 is 2.22 bits per heavy atom. The number of anilines is 2. The first-order valence-corrected chi connectivity index (χ1v) is 11.5. The second-order valence-electron chi connectivity index (χ2n) is 8.85. The van der Waals surface area contributed by atoms with Crippen LogP contribution >= 0.6 is 0 Å². The minimum Gasteiger partial charge on any atom is -0.475 e. The van der Waals surface area contributed by atoms with E-state index in [1.807, 2.05) is 71.4 Å². The van der Waals surface area contributed by atoms with Gasteiger partial charge in [0.25, 0.3) is 0 Å². The van der Waals surface area contributed by atoms with Crippen LogP contribution in [0.3, 0.4) is 0 Å². The number of hydrogen-bond acceptors (Lipinski definition) is 4. The lowest BCUT2D eigenvalue weighted by Crippen LogP contribution is -2.64. The van der Waals surface area contributed by atoms with Gasteiger partial charge in [-0.2, -0.15) is 13.2 Å². The SMILES string of the molecule is CCc1ccc(NC(=O)N2CCC3(C2)CN(c2ccccc2)C(=O)CN3C)cc1.O=C(O)C(F)(F)F. The van der Waals surface area contributed by atoms with Crippen LogP contribution in [0.1, 0.15) is 18.9 Å².